The van der Waals surface area contributed by atoms with Gasteiger partial charge in [-0.2, -0.15) is 0 Å². The molecule has 168 valence electrons. The number of amides is 1. The fourth-order valence-electron chi connectivity index (χ4n) is 3.57. The van der Waals surface area contributed by atoms with Crippen LogP contribution in [-0.4, -0.2) is 32.1 Å². The van der Waals surface area contributed by atoms with Gasteiger partial charge in [0.1, 0.15) is 0 Å². The lowest BCUT2D eigenvalue weighted by Gasteiger charge is -2.16. The molecular formula is C26H24N2O4S. The zero-order valence-electron chi connectivity index (χ0n) is 17.8. The number of carbonyl (C=O) groups is 1. The molecule has 0 saturated carbocycles. The fraction of sp³-hybridized carbons (Fsp3) is 0.115. The van der Waals surface area contributed by atoms with E-state index in [4.69, 9.17) is 0 Å². The number of nitrogens with one attached hydrogen (secondary N) is 2. The fourth-order valence-corrected chi connectivity index (χ4v) is 4.66. The van der Waals surface area contributed by atoms with E-state index < -0.39 is 16.1 Å². The van der Waals surface area contributed by atoms with Gasteiger partial charge in [0, 0.05) is 11.3 Å². The zero-order valence-corrected chi connectivity index (χ0v) is 18.6. The molecule has 6 nitrogen and oxygen atoms in total. The first kappa shape index (κ1) is 22.5. The van der Waals surface area contributed by atoms with Crippen molar-refractivity contribution in [2.45, 2.75) is 17.4 Å². The summed E-state index contributed by atoms with van der Waals surface area (Å²) in [5, 5.41) is 14.2. The van der Waals surface area contributed by atoms with E-state index >= 15 is 0 Å². The molecule has 33 heavy (non-hydrogen) atoms. The molecule has 0 aliphatic heterocycles. The predicted octanol–water partition coefficient (Wildman–Crippen LogP) is 3.97. The molecule has 0 aromatic heterocycles. The largest absolute Gasteiger partial charge is 0.394 e. The van der Waals surface area contributed by atoms with E-state index in [1.54, 1.807) is 42.5 Å². The summed E-state index contributed by atoms with van der Waals surface area (Å²) in [5.74, 6) is -0.339. The summed E-state index contributed by atoms with van der Waals surface area (Å²) in [7, 11) is -3.78. The van der Waals surface area contributed by atoms with Gasteiger partial charge >= 0.3 is 0 Å². The highest BCUT2D eigenvalue weighted by Gasteiger charge is 2.16. The highest BCUT2D eigenvalue weighted by Crippen LogP contribution is 2.21. The Kier molecular flexibility index (Phi) is 6.72. The van der Waals surface area contributed by atoms with Gasteiger partial charge in [-0.1, -0.05) is 60.7 Å². The Labute approximate surface area is 193 Å². The first-order valence-electron chi connectivity index (χ1n) is 10.5. The second-order valence-corrected chi connectivity index (χ2v) is 9.42. The van der Waals surface area contributed by atoms with Gasteiger partial charge in [-0.3, -0.25) is 9.52 Å². The number of anilines is 1. The van der Waals surface area contributed by atoms with Crippen LogP contribution >= 0.6 is 0 Å². The van der Waals surface area contributed by atoms with Crippen LogP contribution in [0.1, 0.15) is 15.9 Å². The van der Waals surface area contributed by atoms with Crippen LogP contribution in [0.15, 0.2) is 102 Å². The number of aliphatic hydroxyl groups is 1. The minimum absolute atomic E-state index is 0.162. The smallest absolute Gasteiger partial charge is 0.261 e. The zero-order chi connectivity index (χ0) is 23.3. The van der Waals surface area contributed by atoms with Gasteiger partial charge in [0.15, 0.2) is 0 Å². The first-order valence-corrected chi connectivity index (χ1v) is 12.0. The van der Waals surface area contributed by atoms with Crippen molar-refractivity contribution >= 4 is 32.4 Å². The molecule has 0 bridgehead atoms. The lowest BCUT2D eigenvalue weighted by molar-refractivity contribution is 0.0916. The number of hydrogen-bond donors (Lipinski definition) is 3. The first-order chi connectivity index (χ1) is 15.9. The Balaban J connectivity index is 1.43. The number of aliphatic hydroxyl groups excluding tert-OH is 1. The van der Waals surface area contributed by atoms with Crippen molar-refractivity contribution in [2.24, 2.45) is 0 Å². The monoisotopic (exact) mass is 460 g/mol. The third-order valence-electron chi connectivity index (χ3n) is 5.31. The molecule has 0 aliphatic rings. The third kappa shape index (κ3) is 5.58. The van der Waals surface area contributed by atoms with Crippen molar-refractivity contribution in [3.8, 4) is 0 Å². The van der Waals surface area contributed by atoms with Crippen molar-refractivity contribution in [3.05, 3.63) is 108 Å². The Bertz CT molecular complexity index is 1350. The predicted molar refractivity (Wildman–Crippen MR) is 130 cm³/mol. The maximum Gasteiger partial charge on any atom is 0.261 e. The van der Waals surface area contributed by atoms with Gasteiger partial charge < -0.3 is 10.4 Å². The third-order valence-corrected chi connectivity index (χ3v) is 6.69. The summed E-state index contributed by atoms with van der Waals surface area (Å²) >= 11 is 0. The Morgan fingerprint density at radius 1 is 0.818 bits per heavy atom. The molecule has 0 fully saturated rings. The van der Waals surface area contributed by atoms with Gasteiger partial charge in [0.25, 0.3) is 15.9 Å². The van der Waals surface area contributed by atoms with Crippen LogP contribution in [0.3, 0.4) is 0 Å². The number of carbonyl (C=O) groups excluding carboxylic acids is 1. The summed E-state index contributed by atoms with van der Waals surface area (Å²) < 4.78 is 28.2. The summed E-state index contributed by atoms with van der Waals surface area (Å²) in [6, 6.07) is 27.8. The van der Waals surface area contributed by atoms with Crippen molar-refractivity contribution in [2.75, 3.05) is 11.3 Å². The summed E-state index contributed by atoms with van der Waals surface area (Å²) in [6.45, 7) is -0.190. The summed E-state index contributed by atoms with van der Waals surface area (Å²) in [6.07, 6.45) is 0.507. The average Bonchev–Trinajstić information content (AvgIpc) is 2.84. The van der Waals surface area contributed by atoms with Gasteiger partial charge in [-0.05, 0) is 59.2 Å². The van der Waals surface area contributed by atoms with Crippen LogP contribution in [0.25, 0.3) is 10.8 Å². The average molecular weight is 461 g/mol. The lowest BCUT2D eigenvalue weighted by atomic mass is 10.1. The van der Waals surface area contributed by atoms with Crippen molar-refractivity contribution in [1.29, 1.82) is 0 Å². The van der Waals surface area contributed by atoms with Gasteiger partial charge in [0.05, 0.1) is 17.5 Å². The topological polar surface area (TPSA) is 95.5 Å². The van der Waals surface area contributed by atoms with Crippen molar-refractivity contribution < 1.29 is 18.3 Å². The number of hydrogen-bond acceptors (Lipinski definition) is 4. The second kappa shape index (κ2) is 9.85. The Morgan fingerprint density at radius 2 is 1.48 bits per heavy atom. The van der Waals surface area contributed by atoms with Crippen LogP contribution in [-0.2, 0) is 16.4 Å². The van der Waals surface area contributed by atoms with E-state index in [1.807, 2.05) is 54.6 Å². The van der Waals surface area contributed by atoms with E-state index in [1.165, 1.54) is 0 Å². The van der Waals surface area contributed by atoms with Crippen LogP contribution < -0.4 is 10.0 Å². The maximum atomic E-state index is 12.8. The maximum absolute atomic E-state index is 12.8. The highest BCUT2D eigenvalue weighted by atomic mass is 32.2. The normalized spacial score (nSPS) is 12.3. The van der Waals surface area contributed by atoms with Crippen molar-refractivity contribution in [3.63, 3.8) is 0 Å². The van der Waals surface area contributed by atoms with Crippen LogP contribution in [0.5, 0.6) is 0 Å². The minimum atomic E-state index is -3.78. The number of rotatable bonds is 8. The second-order valence-electron chi connectivity index (χ2n) is 7.73. The molecule has 4 aromatic rings. The van der Waals surface area contributed by atoms with Crippen molar-refractivity contribution in [1.82, 2.24) is 5.32 Å². The molecule has 1 atom stereocenters. The molecule has 4 rings (SSSR count). The molecule has 0 saturated heterocycles. The molecule has 0 radical (unpaired) electrons. The quantitative estimate of drug-likeness (QED) is 0.371. The molecular weight excluding hydrogens is 436 g/mol. The minimum Gasteiger partial charge on any atom is -0.394 e. The van der Waals surface area contributed by atoms with Crippen LogP contribution in [0.4, 0.5) is 5.69 Å². The summed E-state index contributed by atoms with van der Waals surface area (Å²) in [5.41, 5.74) is 1.73. The van der Waals surface area contributed by atoms with E-state index in [2.05, 4.69) is 10.0 Å². The number of fused-ring (bicyclic) bond motifs is 1. The van der Waals surface area contributed by atoms with E-state index in [0.717, 1.165) is 16.3 Å². The Hall–Kier alpha value is -3.68. The highest BCUT2D eigenvalue weighted by molar-refractivity contribution is 7.92. The van der Waals surface area contributed by atoms with Crippen LogP contribution in [0, 0.1) is 0 Å². The molecule has 0 aliphatic carbocycles. The SMILES string of the molecule is O=C(N[C@H](CO)Cc1ccccc1)c1ccc(NS(=O)(=O)c2ccc3ccccc3c2)cc1. The van der Waals surface area contributed by atoms with Gasteiger partial charge in [-0.15, -0.1) is 0 Å². The molecule has 1 amide bonds. The molecule has 3 N–H and O–H groups in total. The molecule has 0 unspecified atom stereocenters. The summed E-state index contributed by atoms with van der Waals surface area (Å²) in [4.78, 5) is 12.7. The molecule has 0 heterocycles. The number of benzene rings is 4. The van der Waals surface area contributed by atoms with Gasteiger partial charge in [-0.25, -0.2) is 8.42 Å². The van der Waals surface area contributed by atoms with Crippen LogP contribution in [0.2, 0.25) is 0 Å². The van der Waals surface area contributed by atoms with E-state index in [9.17, 15) is 18.3 Å². The standard InChI is InChI=1S/C26H24N2O4S/c29-18-24(16-19-6-2-1-3-7-19)27-26(30)21-10-13-23(14-11-21)28-33(31,32)25-15-12-20-8-4-5-9-22(20)17-25/h1-15,17,24,28-29H,16,18H2,(H,27,30)/t24-/m0/s1. The lowest BCUT2D eigenvalue weighted by Crippen LogP contribution is -2.39. The van der Waals surface area contributed by atoms with E-state index in [-0.39, 0.29) is 17.4 Å². The molecule has 4 aromatic carbocycles. The molecule has 0 spiro atoms. The number of sulfonamides is 1. The Morgan fingerprint density at radius 3 is 2.18 bits per heavy atom. The van der Waals surface area contributed by atoms with Gasteiger partial charge in [0.2, 0.25) is 0 Å². The van der Waals surface area contributed by atoms with E-state index in [0.29, 0.717) is 17.7 Å². The molecule has 7 heteroatoms.